The number of nitrogens with one attached hydrogen (secondary N) is 1. The van der Waals surface area contributed by atoms with Crippen LogP contribution in [-0.4, -0.2) is 24.0 Å². The van der Waals surface area contributed by atoms with Gasteiger partial charge < -0.3 is 10.2 Å². The molecule has 0 amide bonds. The Bertz CT molecular complexity index is 484. The molecular formula is C20H32N2. The maximum absolute atomic E-state index is 4.27. The third kappa shape index (κ3) is 4.06. The molecule has 1 fully saturated rings. The van der Waals surface area contributed by atoms with E-state index in [1.807, 2.05) is 0 Å². The maximum Gasteiger partial charge on any atom is 0.0946 e. The molecule has 0 spiro atoms. The van der Waals surface area contributed by atoms with Crippen molar-refractivity contribution in [1.82, 2.24) is 10.2 Å². The van der Waals surface area contributed by atoms with E-state index in [0.29, 0.717) is 12.0 Å². The molecule has 0 aromatic rings. The summed E-state index contributed by atoms with van der Waals surface area (Å²) in [4.78, 5) is 2.39. The smallest absolute Gasteiger partial charge is 0.0946 e. The molecule has 2 atom stereocenters. The minimum atomic E-state index is 0.464. The van der Waals surface area contributed by atoms with Crippen LogP contribution in [-0.2, 0) is 0 Å². The molecule has 1 saturated heterocycles. The van der Waals surface area contributed by atoms with E-state index in [9.17, 15) is 0 Å². The van der Waals surface area contributed by atoms with Gasteiger partial charge in [0.2, 0.25) is 0 Å². The summed E-state index contributed by atoms with van der Waals surface area (Å²) in [6.45, 7) is 17.1. The van der Waals surface area contributed by atoms with E-state index in [1.54, 1.807) is 5.57 Å². The van der Waals surface area contributed by atoms with Crippen molar-refractivity contribution in [3.8, 4) is 0 Å². The molecule has 0 aromatic heterocycles. The second-order valence-electron chi connectivity index (χ2n) is 6.92. The van der Waals surface area contributed by atoms with Crippen LogP contribution < -0.4 is 5.32 Å². The molecular weight excluding hydrogens is 268 g/mol. The fourth-order valence-electron chi connectivity index (χ4n) is 3.64. The molecule has 1 heterocycles. The number of likely N-dealkylation sites (tertiary alicyclic amines) is 1. The lowest BCUT2D eigenvalue weighted by atomic mass is 9.88. The van der Waals surface area contributed by atoms with Gasteiger partial charge in [0.1, 0.15) is 0 Å². The van der Waals surface area contributed by atoms with Gasteiger partial charge in [0.05, 0.1) is 11.9 Å². The van der Waals surface area contributed by atoms with E-state index in [4.69, 9.17) is 0 Å². The molecule has 122 valence electrons. The molecule has 0 radical (unpaired) electrons. The largest absolute Gasteiger partial charge is 0.368 e. The van der Waals surface area contributed by atoms with Crippen LogP contribution in [0.25, 0.3) is 0 Å². The van der Waals surface area contributed by atoms with Gasteiger partial charge in [0.15, 0.2) is 0 Å². The second kappa shape index (κ2) is 7.71. The van der Waals surface area contributed by atoms with Gasteiger partial charge in [-0.3, -0.25) is 0 Å². The first-order valence-electron chi connectivity index (χ1n) is 8.76. The highest BCUT2D eigenvalue weighted by molar-refractivity contribution is 5.32. The fourth-order valence-corrected chi connectivity index (χ4v) is 3.64. The van der Waals surface area contributed by atoms with Crippen LogP contribution in [0.1, 0.15) is 52.9 Å². The average molecular weight is 300 g/mol. The summed E-state index contributed by atoms with van der Waals surface area (Å²) in [7, 11) is 0. The van der Waals surface area contributed by atoms with Gasteiger partial charge in [-0.2, -0.15) is 0 Å². The van der Waals surface area contributed by atoms with Crippen molar-refractivity contribution in [2.24, 2.45) is 5.92 Å². The molecule has 22 heavy (non-hydrogen) atoms. The van der Waals surface area contributed by atoms with Crippen LogP contribution in [0, 0.1) is 5.92 Å². The SMILES string of the molecule is C=C(C)C1CCCN1C(=C)NCC1=C(CCC)CC(C)C=C1. The van der Waals surface area contributed by atoms with Crippen molar-refractivity contribution in [2.45, 2.75) is 58.9 Å². The van der Waals surface area contributed by atoms with Gasteiger partial charge in [-0.1, -0.05) is 56.7 Å². The quantitative estimate of drug-likeness (QED) is 0.681. The lowest BCUT2D eigenvalue weighted by Crippen LogP contribution is -2.36. The van der Waals surface area contributed by atoms with Gasteiger partial charge in [-0.05, 0) is 44.1 Å². The Balaban J connectivity index is 1.96. The molecule has 2 nitrogen and oxygen atoms in total. The van der Waals surface area contributed by atoms with Crippen molar-refractivity contribution in [2.75, 3.05) is 13.1 Å². The first-order valence-corrected chi connectivity index (χ1v) is 8.76. The Morgan fingerprint density at radius 1 is 1.41 bits per heavy atom. The third-order valence-electron chi connectivity index (χ3n) is 4.85. The maximum atomic E-state index is 4.27. The van der Waals surface area contributed by atoms with Crippen molar-refractivity contribution in [1.29, 1.82) is 0 Å². The average Bonchev–Trinajstić information content (AvgIpc) is 2.96. The minimum absolute atomic E-state index is 0.464. The number of nitrogens with zero attached hydrogens (tertiary/aromatic N) is 1. The second-order valence-corrected chi connectivity index (χ2v) is 6.92. The highest BCUT2D eigenvalue weighted by Gasteiger charge is 2.25. The van der Waals surface area contributed by atoms with Gasteiger partial charge in [0, 0.05) is 13.1 Å². The molecule has 1 N–H and O–H groups in total. The lowest BCUT2D eigenvalue weighted by molar-refractivity contribution is 0.332. The van der Waals surface area contributed by atoms with Crippen LogP contribution in [0.15, 0.2) is 47.9 Å². The fraction of sp³-hybridized carbons (Fsp3) is 0.600. The predicted molar refractivity (Wildman–Crippen MR) is 96.5 cm³/mol. The van der Waals surface area contributed by atoms with Crippen LogP contribution in [0.2, 0.25) is 0 Å². The third-order valence-corrected chi connectivity index (χ3v) is 4.85. The Hall–Kier alpha value is -1.44. The molecule has 2 heteroatoms. The normalized spacial score (nSPS) is 24.8. The van der Waals surface area contributed by atoms with E-state index >= 15 is 0 Å². The number of rotatable bonds is 7. The zero-order chi connectivity index (χ0) is 16.1. The topological polar surface area (TPSA) is 15.3 Å². The highest BCUT2D eigenvalue weighted by atomic mass is 15.3. The Labute approximate surface area is 136 Å². The monoisotopic (exact) mass is 300 g/mol. The molecule has 2 unspecified atom stereocenters. The number of hydrogen-bond donors (Lipinski definition) is 1. The number of hydrogen-bond acceptors (Lipinski definition) is 2. The molecule has 1 aliphatic carbocycles. The molecule has 0 saturated carbocycles. The summed E-state index contributed by atoms with van der Waals surface area (Å²) < 4.78 is 0. The van der Waals surface area contributed by atoms with Crippen LogP contribution in [0.3, 0.4) is 0 Å². The first-order chi connectivity index (χ1) is 10.5. The zero-order valence-electron chi connectivity index (χ0n) is 14.6. The Morgan fingerprint density at radius 2 is 2.18 bits per heavy atom. The lowest BCUT2D eigenvalue weighted by Gasteiger charge is -2.30. The molecule has 0 aromatic carbocycles. The van der Waals surface area contributed by atoms with Gasteiger partial charge in [0.25, 0.3) is 0 Å². The van der Waals surface area contributed by atoms with Gasteiger partial charge in [-0.25, -0.2) is 0 Å². The van der Waals surface area contributed by atoms with Gasteiger partial charge >= 0.3 is 0 Å². The zero-order valence-corrected chi connectivity index (χ0v) is 14.6. The van der Waals surface area contributed by atoms with E-state index in [0.717, 1.165) is 18.9 Å². The van der Waals surface area contributed by atoms with E-state index < -0.39 is 0 Å². The molecule has 1 aliphatic heterocycles. The van der Waals surface area contributed by atoms with Crippen LogP contribution >= 0.6 is 0 Å². The minimum Gasteiger partial charge on any atom is -0.368 e. The van der Waals surface area contributed by atoms with Crippen molar-refractivity contribution in [3.63, 3.8) is 0 Å². The Kier molecular flexibility index (Phi) is 5.93. The van der Waals surface area contributed by atoms with Crippen molar-refractivity contribution in [3.05, 3.63) is 47.9 Å². The predicted octanol–water partition coefficient (Wildman–Crippen LogP) is 4.78. The van der Waals surface area contributed by atoms with Crippen molar-refractivity contribution < 1.29 is 0 Å². The van der Waals surface area contributed by atoms with E-state index in [1.165, 1.54) is 43.3 Å². The first kappa shape index (κ1) is 16.9. The molecule has 2 aliphatic rings. The van der Waals surface area contributed by atoms with Gasteiger partial charge in [-0.15, -0.1) is 0 Å². The molecule has 2 rings (SSSR count). The van der Waals surface area contributed by atoms with E-state index in [-0.39, 0.29) is 0 Å². The number of allylic oxidation sites excluding steroid dienone is 2. The summed E-state index contributed by atoms with van der Waals surface area (Å²) in [6, 6.07) is 0.464. The molecule has 0 bridgehead atoms. The standard InChI is InChI=1S/C20H32N2/c1-6-8-18-13-16(4)10-11-19(18)14-21-17(5)22-12-7-9-20(22)15(2)3/h10-11,16,20-21H,2,5-9,12-14H2,1,3-4H3. The highest BCUT2D eigenvalue weighted by Crippen LogP contribution is 2.28. The van der Waals surface area contributed by atoms with E-state index in [2.05, 4.69) is 56.3 Å². The van der Waals surface area contributed by atoms with Crippen LogP contribution in [0.5, 0.6) is 0 Å². The summed E-state index contributed by atoms with van der Waals surface area (Å²) in [5.41, 5.74) is 4.33. The summed E-state index contributed by atoms with van der Waals surface area (Å²) in [5, 5.41) is 3.56. The summed E-state index contributed by atoms with van der Waals surface area (Å²) >= 11 is 0. The van der Waals surface area contributed by atoms with Crippen molar-refractivity contribution >= 4 is 0 Å². The summed E-state index contributed by atoms with van der Waals surface area (Å²) in [6.07, 6.45) is 10.8. The van der Waals surface area contributed by atoms with Crippen LogP contribution in [0.4, 0.5) is 0 Å². The Morgan fingerprint density at radius 3 is 2.86 bits per heavy atom. The summed E-state index contributed by atoms with van der Waals surface area (Å²) in [5.74, 6) is 1.74.